The number of aliphatic hydroxyl groups is 1. The minimum absolute atomic E-state index is 0.0229. The van der Waals surface area contributed by atoms with E-state index in [1.807, 2.05) is 0 Å². The van der Waals surface area contributed by atoms with Crippen molar-refractivity contribution in [2.75, 3.05) is 12.8 Å². The Kier molecular flexibility index (Phi) is 11.3. The van der Waals surface area contributed by atoms with E-state index in [2.05, 4.69) is 27.2 Å². The fourth-order valence-electron chi connectivity index (χ4n) is 3.19. The molecule has 0 aliphatic rings. The monoisotopic (exact) mass is 582 g/mol. The maximum absolute atomic E-state index is 13.0. The number of halogens is 6. The molecule has 1 aromatic heterocycles. The first kappa shape index (κ1) is 31.3. The summed E-state index contributed by atoms with van der Waals surface area (Å²) >= 11 is 1.85. The van der Waals surface area contributed by atoms with Gasteiger partial charge in [-0.15, -0.1) is 23.1 Å². The number of nitrogens with zero attached hydrogens (tertiary/aromatic N) is 2. The van der Waals surface area contributed by atoms with E-state index in [4.69, 9.17) is 0 Å². The van der Waals surface area contributed by atoms with Gasteiger partial charge in [0.25, 0.3) is 5.91 Å². The zero-order valence-electron chi connectivity index (χ0n) is 19.9. The Morgan fingerprint density at radius 1 is 1.26 bits per heavy atom. The number of nitrogens with one attached hydrogen (secondary N) is 2. The van der Waals surface area contributed by atoms with Gasteiger partial charge in [-0.05, 0) is 31.2 Å². The van der Waals surface area contributed by atoms with Crippen LogP contribution in [0.1, 0.15) is 34.5 Å². The molecule has 0 bridgehead atoms. The van der Waals surface area contributed by atoms with Gasteiger partial charge in [0.15, 0.2) is 0 Å². The summed E-state index contributed by atoms with van der Waals surface area (Å²) in [6.07, 6.45) is -8.19. The van der Waals surface area contributed by atoms with Crippen molar-refractivity contribution in [3.8, 4) is 10.6 Å². The van der Waals surface area contributed by atoms with Gasteiger partial charge < -0.3 is 15.7 Å². The first-order chi connectivity index (χ1) is 17.7. The number of carbonyl (C=O) groups is 2. The van der Waals surface area contributed by atoms with Crippen LogP contribution in [0.5, 0.6) is 0 Å². The molecule has 0 aliphatic carbocycles. The molecule has 0 fully saturated rings. The standard InChI is InChI=1S/C23H24F6N4O3S2/c1-3-30-21(37-2)18(35)15(8-5-9-22(24,25)26)33-17(34)12-31-19(36)16-11-32-20(38-16)13-6-4-7-14(10-13)23(27,28)29/h3-4,6-7,10-11,15,18,35H,1,5,8-9,12H2,2H3,(H,31,36)(H,33,34). The van der Waals surface area contributed by atoms with Crippen LogP contribution in [0.4, 0.5) is 26.3 Å². The number of amides is 2. The molecule has 0 aliphatic heterocycles. The highest BCUT2D eigenvalue weighted by Crippen LogP contribution is 2.33. The van der Waals surface area contributed by atoms with Crippen LogP contribution in [0.15, 0.2) is 48.2 Å². The third-order valence-corrected chi connectivity index (χ3v) is 6.77. The summed E-state index contributed by atoms with van der Waals surface area (Å²) in [7, 11) is 0. The third kappa shape index (κ3) is 9.76. The van der Waals surface area contributed by atoms with E-state index in [1.165, 1.54) is 12.1 Å². The minimum atomic E-state index is -4.55. The van der Waals surface area contributed by atoms with Crippen molar-refractivity contribution in [2.45, 2.75) is 43.8 Å². The van der Waals surface area contributed by atoms with Crippen LogP contribution in [-0.4, -0.2) is 58.1 Å². The van der Waals surface area contributed by atoms with E-state index >= 15 is 0 Å². The van der Waals surface area contributed by atoms with Gasteiger partial charge in [-0.25, -0.2) is 4.98 Å². The second-order valence-corrected chi connectivity index (χ2v) is 9.63. The molecule has 2 unspecified atom stereocenters. The number of rotatable bonds is 11. The van der Waals surface area contributed by atoms with Gasteiger partial charge in [-0.1, -0.05) is 18.7 Å². The van der Waals surface area contributed by atoms with Crippen LogP contribution >= 0.6 is 23.1 Å². The topological polar surface area (TPSA) is 104 Å². The number of hydrogen-bond donors (Lipinski definition) is 3. The molecule has 1 heterocycles. The Hall–Kier alpha value is -2.91. The number of aromatic nitrogens is 1. The normalized spacial score (nSPS) is 14.1. The largest absolute Gasteiger partial charge is 0.416 e. The Bertz CT molecular complexity index is 1150. The summed E-state index contributed by atoms with van der Waals surface area (Å²) in [6, 6.07) is 3.31. The summed E-state index contributed by atoms with van der Waals surface area (Å²) in [4.78, 5) is 32.8. The molecule has 2 aromatic rings. The highest BCUT2D eigenvalue weighted by atomic mass is 32.2. The lowest BCUT2D eigenvalue weighted by Crippen LogP contribution is -2.49. The third-order valence-electron chi connectivity index (χ3n) is 4.96. The summed E-state index contributed by atoms with van der Waals surface area (Å²) in [5.74, 6) is -1.51. The number of aliphatic hydroxyl groups excluding tert-OH is 1. The van der Waals surface area contributed by atoms with E-state index in [1.54, 1.807) is 6.26 Å². The maximum Gasteiger partial charge on any atom is 0.416 e. The fraction of sp³-hybridized carbons (Fsp3) is 0.391. The number of carbonyl (C=O) groups excluding carboxylic acids is 2. The van der Waals surface area contributed by atoms with Crippen LogP contribution in [0.2, 0.25) is 0 Å². The van der Waals surface area contributed by atoms with E-state index in [9.17, 15) is 41.0 Å². The molecule has 2 atom stereocenters. The number of thioether (sulfide) groups is 1. The number of hydrogen-bond acceptors (Lipinski definition) is 7. The second-order valence-electron chi connectivity index (χ2n) is 7.77. The van der Waals surface area contributed by atoms with Crippen molar-refractivity contribution in [1.29, 1.82) is 0 Å². The van der Waals surface area contributed by atoms with Crippen molar-refractivity contribution in [3.05, 3.63) is 53.7 Å². The van der Waals surface area contributed by atoms with Crippen molar-refractivity contribution < 1.29 is 41.0 Å². The van der Waals surface area contributed by atoms with Crippen molar-refractivity contribution in [1.82, 2.24) is 15.6 Å². The Balaban J connectivity index is 2.03. The van der Waals surface area contributed by atoms with E-state index in [-0.39, 0.29) is 33.3 Å². The predicted octanol–water partition coefficient (Wildman–Crippen LogP) is 5.04. The van der Waals surface area contributed by atoms with Crippen molar-refractivity contribution in [2.24, 2.45) is 4.99 Å². The Morgan fingerprint density at radius 2 is 1.97 bits per heavy atom. The van der Waals surface area contributed by atoms with Crippen LogP contribution in [0.3, 0.4) is 0 Å². The Labute approximate surface area is 222 Å². The molecule has 0 saturated carbocycles. The fourth-order valence-corrected chi connectivity index (χ4v) is 4.60. The lowest BCUT2D eigenvalue weighted by Gasteiger charge is -2.25. The quantitative estimate of drug-likeness (QED) is 0.196. The average molecular weight is 583 g/mol. The van der Waals surface area contributed by atoms with E-state index in [0.29, 0.717) is 0 Å². The smallest absolute Gasteiger partial charge is 0.384 e. The predicted molar refractivity (Wildman–Crippen MR) is 134 cm³/mol. The lowest BCUT2D eigenvalue weighted by molar-refractivity contribution is -0.138. The van der Waals surface area contributed by atoms with E-state index in [0.717, 1.165) is 47.6 Å². The minimum Gasteiger partial charge on any atom is -0.384 e. The molecule has 2 rings (SSSR count). The van der Waals surface area contributed by atoms with Crippen molar-refractivity contribution >= 4 is 40.0 Å². The zero-order chi connectivity index (χ0) is 28.5. The molecule has 0 spiro atoms. The van der Waals surface area contributed by atoms with Gasteiger partial charge in [-0.2, -0.15) is 26.3 Å². The van der Waals surface area contributed by atoms with Crippen LogP contribution < -0.4 is 10.6 Å². The molecule has 7 nitrogen and oxygen atoms in total. The first-order valence-electron chi connectivity index (χ1n) is 10.9. The molecule has 0 saturated heterocycles. The first-order valence-corrected chi connectivity index (χ1v) is 13.0. The number of alkyl halides is 6. The average Bonchev–Trinajstić information content (AvgIpc) is 3.34. The molecule has 0 radical (unpaired) electrons. The Morgan fingerprint density at radius 3 is 2.58 bits per heavy atom. The van der Waals surface area contributed by atoms with Gasteiger partial charge >= 0.3 is 12.4 Å². The SMILES string of the molecule is C=CN=C(SC)C(O)C(CCCC(F)(F)F)NC(=O)CNC(=O)c1cnc(-c2cccc(C(F)(F)F)c2)s1. The lowest BCUT2D eigenvalue weighted by atomic mass is 10.0. The van der Waals surface area contributed by atoms with Gasteiger partial charge in [0.05, 0.1) is 24.3 Å². The maximum atomic E-state index is 13.0. The molecule has 1 aromatic carbocycles. The highest BCUT2D eigenvalue weighted by Gasteiger charge is 2.31. The summed E-state index contributed by atoms with van der Waals surface area (Å²) in [5, 5.41) is 15.6. The number of aliphatic imine (C=N–C) groups is 1. The summed E-state index contributed by atoms with van der Waals surface area (Å²) in [6.45, 7) is 2.83. The van der Waals surface area contributed by atoms with Gasteiger partial charge in [0, 0.05) is 18.2 Å². The van der Waals surface area contributed by atoms with Crippen molar-refractivity contribution in [3.63, 3.8) is 0 Å². The zero-order valence-corrected chi connectivity index (χ0v) is 21.5. The second kappa shape index (κ2) is 13.8. The molecule has 3 N–H and O–H groups in total. The number of thiazole rings is 1. The molecule has 208 valence electrons. The molecule has 38 heavy (non-hydrogen) atoms. The summed E-state index contributed by atoms with van der Waals surface area (Å²) in [5.41, 5.74) is -0.717. The molecular formula is C23H24F6N4O3S2. The summed E-state index contributed by atoms with van der Waals surface area (Å²) < 4.78 is 76.6. The van der Waals surface area contributed by atoms with Gasteiger partial charge in [0.1, 0.15) is 21.0 Å². The van der Waals surface area contributed by atoms with Crippen LogP contribution in [-0.2, 0) is 11.0 Å². The molecule has 15 heteroatoms. The van der Waals surface area contributed by atoms with E-state index < -0.39 is 54.8 Å². The molecule has 2 amide bonds. The van der Waals surface area contributed by atoms with Crippen LogP contribution in [0, 0.1) is 0 Å². The van der Waals surface area contributed by atoms with Gasteiger partial charge in [-0.3, -0.25) is 14.6 Å². The number of benzene rings is 1. The van der Waals surface area contributed by atoms with Gasteiger partial charge in [0.2, 0.25) is 5.91 Å². The highest BCUT2D eigenvalue weighted by molar-refractivity contribution is 8.13. The van der Waals surface area contributed by atoms with Crippen LogP contribution in [0.25, 0.3) is 10.6 Å². The molecular weight excluding hydrogens is 558 g/mol.